The smallest absolute Gasteiger partial charge is 0.368 e. The molecule has 0 aromatic heterocycles. The maximum absolute atomic E-state index is 12.4. The number of para-hydroxylation sites is 2. The normalized spacial score (nSPS) is 21.4. The summed E-state index contributed by atoms with van der Waals surface area (Å²) in [7, 11) is 0. The van der Waals surface area contributed by atoms with Crippen molar-refractivity contribution < 1.29 is 26.3 Å². The molecule has 2 heterocycles. The fourth-order valence-corrected chi connectivity index (χ4v) is 4.55. The third-order valence-electron chi connectivity index (χ3n) is 5.86. The van der Waals surface area contributed by atoms with Crippen molar-refractivity contribution in [2.24, 2.45) is 0 Å². The fourth-order valence-electron chi connectivity index (χ4n) is 4.55. The summed E-state index contributed by atoms with van der Waals surface area (Å²) < 4.78 is 74.2. The van der Waals surface area contributed by atoms with Gasteiger partial charge in [0.2, 0.25) is 0 Å². The monoisotopic (exact) mass is 458 g/mol. The lowest BCUT2D eigenvalue weighted by molar-refractivity contribution is -0.138. The fraction of sp³-hybridized carbons (Fsp3) is 0.500. The average molecular weight is 458 g/mol. The number of halogens is 6. The number of alkyl halides is 6. The summed E-state index contributed by atoms with van der Waals surface area (Å²) in [5, 5.41) is 0. The minimum atomic E-state index is -4.07. The van der Waals surface area contributed by atoms with Crippen LogP contribution in [0, 0.1) is 0 Å². The van der Waals surface area contributed by atoms with Gasteiger partial charge < -0.3 is 9.80 Å². The number of rotatable bonds is 4. The van der Waals surface area contributed by atoms with Crippen LogP contribution in [0.5, 0.6) is 0 Å². The largest absolute Gasteiger partial charge is 0.391 e. The van der Waals surface area contributed by atoms with Crippen LogP contribution < -0.4 is 9.80 Å². The second-order valence-electron chi connectivity index (χ2n) is 8.29. The van der Waals surface area contributed by atoms with E-state index in [0.717, 1.165) is 37.3 Å². The highest BCUT2D eigenvalue weighted by atomic mass is 19.4. The van der Waals surface area contributed by atoms with Gasteiger partial charge in [0, 0.05) is 36.5 Å². The summed E-state index contributed by atoms with van der Waals surface area (Å²) in [6.45, 7) is 1.45. The van der Waals surface area contributed by atoms with Crippen LogP contribution in [-0.4, -0.2) is 37.5 Å². The Hall–Kier alpha value is -2.38. The van der Waals surface area contributed by atoms with E-state index < -0.39 is 25.2 Å². The highest BCUT2D eigenvalue weighted by molar-refractivity contribution is 5.48. The highest BCUT2D eigenvalue weighted by Crippen LogP contribution is 2.34. The molecule has 2 nitrogen and oxygen atoms in total. The summed E-state index contributed by atoms with van der Waals surface area (Å²) in [5.74, 6) is 0. The summed E-state index contributed by atoms with van der Waals surface area (Å²) >= 11 is 0. The number of hydrogen-bond donors (Lipinski definition) is 0. The zero-order valence-corrected chi connectivity index (χ0v) is 17.7. The van der Waals surface area contributed by atoms with E-state index in [0.29, 0.717) is 12.8 Å². The lowest BCUT2D eigenvalue weighted by Gasteiger charge is -2.27. The Morgan fingerprint density at radius 3 is 1.25 bits per heavy atom. The molecule has 8 heteroatoms. The number of hydrogen-bond acceptors (Lipinski definition) is 2. The molecule has 2 aliphatic heterocycles. The highest BCUT2D eigenvalue weighted by Gasteiger charge is 2.37. The van der Waals surface area contributed by atoms with Crippen molar-refractivity contribution >= 4 is 11.4 Å². The van der Waals surface area contributed by atoms with Gasteiger partial charge in [0.15, 0.2) is 0 Å². The molecule has 2 saturated heterocycles. The predicted octanol–water partition coefficient (Wildman–Crippen LogP) is 7.22. The number of anilines is 2. The van der Waals surface area contributed by atoms with Crippen LogP contribution in [0.3, 0.4) is 0 Å². The summed E-state index contributed by atoms with van der Waals surface area (Å²) in [6, 6.07) is 17.9. The SMILES string of the molecule is FC(F)(F)C[C@H]1CCCN1c1ccccc1.FC(F)(F)C[C@H]1CCCN1c1ccccc1. The third-order valence-corrected chi connectivity index (χ3v) is 5.86. The molecule has 176 valence electrons. The number of nitrogens with zero attached hydrogens (tertiary/aromatic N) is 2. The number of benzene rings is 2. The van der Waals surface area contributed by atoms with Crippen LogP contribution in [0.4, 0.5) is 37.7 Å². The van der Waals surface area contributed by atoms with E-state index >= 15 is 0 Å². The molecule has 0 amide bonds. The Labute approximate surface area is 184 Å². The first-order chi connectivity index (χ1) is 15.1. The second-order valence-corrected chi connectivity index (χ2v) is 8.29. The van der Waals surface area contributed by atoms with E-state index in [1.807, 2.05) is 70.5 Å². The quantitative estimate of drug-likeness (QED) is 0.447. The average Bonchev–Trinajstić information content (AvgIpc) is 3.37. The lowest BCUT2D eigenvalue weighted by atomic mass is 10.1. The van der Waals surface area contributed by atoms with Crippen molar-refractivity contribution in [1.29, 1.82) is 0 Å². The first-order valence-corrected chi connectivity index (χ1v) is 10.9. The Balaban J connectivity index is 0.000000181. The van der Waals surface area contributed by atoms with E-state index in [4.69, 9.17) is 0 Å². The van der Waals surface area contributed by atoms with Crippen LogP contribution in [0.15, 0.2) is 60.7 Å². The maximum Gasteiger partial charge on any atom is 0.391 e. The Bertz CT molecular complexity index is 737. The lowest BCUT2D eigenvalue weighted by Crippen LogP contribution is -2.33. The van der Waals surface area contributed by atoms with Crippen molar-refractivity contribution in [3.8, 4) is 0 Å². The van der Waals surface area contributed by atoms with Gasteiger partial charge in [0.1, 0.15) is 0 Å². The molecule has 4 rings (SSSR count). The molecule has 0 bridgehead atoms. The molecule has 0 N–H and O–H groups in total. The summed E-state index contributed by atoms with van der Waals surface area (Å²) in [4.78, 5) is 3.74. The van der Waals surface area contributed by atoms with Crippen molar-refractivity contribution in [3.05, 3.63) is 60.7 Å². The third kappa shape index (κ3) is 7.35. The molecule has 2 aliphatic rings. The van der Waals surface area contributed by atoms with E-state index in [2.05, 4.69) is 0 Å². The first-order valence-electron chi connectivity index (χ1n) is 10.9. The molecule has 0 aliphatic carbocycles. The van der Waals surface area contributed by atoms with Crippen LogP contribution >= 0.6 is 0 Å². The van der Waals surface area contributed by atoms with E-state index in [1.165, 1.54) is 0 Å². The van der Waals surface area contributed by atoms with Gasteiger partial charge >= 0.3 is 12.4 Å². The minimum absolute atomic E-state index is 0.387. The van der Waals surface area contributed by atoms with Crippen molar-refractivity contribution in [3.63, 3.8) is 0 Å². The molecular formula is C24H28F6N2. The Kier molecular flexibility index (Phi) is 7.96. The van der Waals surface area contributed by atoms with Crippen LogP contribution in [0.25, 0.3) is 0 Å². The topological polar surface area (TPSA) is 6.48 Å². The molecule has 32 heavy (non-hydrogen) atoms. The molecule has 2 atom stereocenters. The minimum Gasteiger partial charge on any atom is -0.368 e. The standard InChI is InChI=1S/2C12H14F3N/c2*13-12(14,15)9-11-7-4-8-16(11)10-5-2-1-3-6-10/h2*1-3,5-6,11H,4,7-9H2/t2*11-/m11/s1. The van der Waals surface area contributed by atoms with Crippen molar-refractivity contribution in [2.75, 3.05) is 22.9 Å². The van der Waals surface area contributed by atoms with Crippen molar-refractivity contribution in [2.45, 2.75) is 63.0 Å². The van der Waals surface area contributed by atoms with Gasteiger partial charge in [-0.3, -0.25) is 0 Å². The van der Waals surface area contributed by atoms with Gasteiger partial charge in [-0.15, -0.1) is 0 Å². The van der Waals surface area contributed by atoms with E-state index in [-0.39, 0.29) is 12.1 Å². The van der Waals surface area contributed by atoms with E-state index in [1.54, 1.807) is 0 Å². The van der Waals surface area contributed by atoms with Gasteiger partial charge in [-0.1, -0.05) is 36.4 Å². The molecule has 0 spiro atoms. The predicted molar refractivity (Wildman–Crippen MR) is 115 cm³/mol. The molecule has 0 radical (unpaired) electrons. The van der Waals surface area contributed by atoms with Gasteiger partial charge in [-0.25, -0.2) is 0 Å². The zero-order chi connectivity index (χ0) is 23.2. The van der Waals surface area contributed by atoms with Crippen LogP contribution in [0.1, 0.15) is 38.5 Å². The summed E-state index contributed by atoms with van der Waals surface area (Å²) in [6.07, 6.45) is -6.60. The second kappa shape index (κ2) is 10.5. The van der Waals surface area contributed by atoms with Crippen LogP contribution in [-0.2, 0) is 0 Å². The van der Waals surface area contributed by atoms with Gasteiger partial charge in [-0.2, -0.15) is 26.3 Å². The molecule has 0 saturated carbocycles. The molecule has 2 fully saturated rings. The summed E-state index contributed by atoms with van der Waals surface area (Å²) in [5.41, 5.74) is 1.79. The molecule has 2 aromatic carbocycles. The van der Waals surface area contributed by atoms with Crippen LogP contribution in [0.2, 0.25) is 0 Å². The molecule has 0 unspecified atom stereocenters. The molecular weight excluding hydrogens is 430 g/mol. The van der Waals surface area contributed by atoms with E-state index in [9.17, 15) is 26.3 Å². The van der Waals surface area contributed by atoms with Gasteiger partial charge in [-0.05, 0) is 49.9 Å². The Morgan fingerprint density at radius 1 is 0.594 bits per heavy atom. The Morgan fingerprint density at radius 2 is 0.938 bits per heavy atom. The van der Waals surface area contributed by atoms with Crippen molar-refractivity contribution in [1.82, 2.24) is 0 Å². The first kappa shape index (κ1) is 24.3. The zero-order valence-electron chi connectivity index (χ0n) is 17.7. The maximum atomic E-state index is 12.4. The van der Waals surface area contributed by atoms with Gasteiger partial charge in [0.05, 0.1) is 12.8 Å². The van der Waals surface area contributed by atoms with Gasteiger partial charge in [0.25, 0.3) is 0 Å². The molecule has 2 aromatic rings.